The van der Waals surface area contributed by atoms with Crippen LogP contribution in [-0.2, 0) is 11.8 Å². The molecule has 1 aromatic rings. The van der Waals surface area contributed by atoms with E-state index in [1.165, 1.54) is 10.9 Å². The lowest BCUT2D eigenvalue weighted by Crippen LogP contribution is -2.35. The Bertz CT molecular complexity index is 419. The number of nitrogens with one attached hydrogen (secondary N) is 1. The Balaban J connectivity index is 2.41. The van der Waals surface area contributed by atoms with E-state index in [2.05, 4.69) is 15.6 Å². The molecule has 0 atom stereocenters. The van der Waals surface area contributed by atoms with Crippen LogP contribution in [0.2, 0.25) is 0 Å². The summed E-state index contributed by atoms with van der Waals surface area (Å²) in [5.41, 5.74) is -0.372. The number of ketones is 1. The highest BCUT2D eigenvalue weighted by Gasteiger charge is 2.17. The van der Waals surface area contributed by atoms with Crippen molar-refractivity contribution in [2.45, 2.75) is 26.4 Å². The van der Waals surface area contributed by atoms with Crippen molar-refractivity contribution in [3.05, 3.63) is 11.9 Å². The van der Waals surface area contributed by atoms with Gasteiger partial charge in [0.2, 0.25) is 5.78 Å². The maximum atomic E-state index is 11.5. The molecular weight excluding hydrogens is 224 g/mol. The molecule has 0 aromatic carbocycles. The maximum absolute atomic E-state index is 11.5. The number of rotatable bonds is 3. The molecule has 17 heavy (non-hydrogen) atoms. The molecule has 0 aliphatic carbocycles. The minimum Gasteiger partial charge on any atom is -0.444 e. The first-order chi connectivity index (χ1) is 7.78. The van der Waals surface area contributed by atoms with Crippen molar-refractivity contribution in [1.82, 2.24) is 20.3 Å². The van der Waals surface area contributed by atoms with Crippen molar-refractivity contribution in [1.29, 1.82) is 0 Å². The minimum absolute atomic E-state index is 0.159. The Labute approximate surface area is 99.1 Å². The van der Waals surface area contributed by atoms with E-state index in [0.717, 1.165) is 0 Å². The summed E-state index contributed by atoms with van der Waals surface area (Å²) in [6.45, 7) is 5.08. The number of hydrogen-bond acceptors (Lipinski definition) is 5. The number of alkyl carbamates (subject to hydrolysis) is 1. The highest BCUT2D eigenvalue weighted by Crippen LogP contribution is 2.06. The van der Waals surface area contributed by atoms with Gasteiger partial charge in [-0.15, -0.1) is 5.10 Å². The van der Waals surface area contributed by atoms with E-state index in [4.69, 9.17) is 4.74 Å². The molecule has 7 nitrogen and oxygen atoms in total. The normalized spacial score (nSPS) is 11.1. The highest BCUT2D eigenvalue weighted by atomic mass is 16.6. The summed E-state index contributed by atoms with van der Waals surface area (Å²) >= 11 is 0. The zero-order chi connectivity index (χ0) is 13.1. The number of carbonyl (C=O) groups excluding carboxylic acids is 2. The molecule has 7 heteroatoms. The Morgan fingerprint density at radius 2 is 2.12 bits per heavy atom. The van der Waals surface area contributed by atoms with E-state index in [-0.39, 0.29) is 18.0 Å². The van der Waals surface area contributed by atoms with Gasteiger partial charge in [-0.25, -0.2) is 4.79 Å². The summed E-state index contributed by atoms with van der Waals surface area (Å²) in [5, 5.41) is 9.62. The van der Waals surface area contributed by atoms with E-state index in [1.807, 2.05) is 0 Å². The predicted molar refractivity (Wildman–Crippen MR) is 59.6 cm³/mol. The fourth-order valence-corrected chi connectivity index (χ4v) is 1.03. The number of aryl methyl sites for hydroxylation is 1. The molecule has 1 rings (SSSR count). The van der Waals surface area contributed by atoms with Gasteiger partial charge in [0.15, 0.2) is 5.69 Å². The van der Waals surface area contributed by atoms with Crippen LogP contribution in [0.5, 0.6) is 0 Å². The lowest BCUT2D eigenvalue weighted by molar-refractivity contribution is 0.0520. The maximum Gasteiger partial charge on any atom is 0.408 e. The van der Waals surface area contributed by atoms with Crippen molar-refractivity contribution in [2.24, 2.45) is 7.05 Å². The van der Waals surface area contributed by atoms with Crippen LogP contribution in [0, 0.1) is 0 Å². The van der Waals surface area contributed by atoms with Crippen LogP contribution >= 0.6 is 0 Å². The Kier molecular flexibility index (Phi) is 3.82. The SMILES string of the molecule is Cn1cc(C(=O)CNC(=O)OC(C)(C)C)nn1. The third kappa shape index (κ3) is 4.62. The second-order valence-corrected chi connectivity index (χ2v) is 4.56. The van der Waals surface area contributed by atoms with Gasteiger partial charge >= 0.3 is 6.09 Å². The van der Waals surface area contributed by atoms with Crippen molar-refractivity contribution in [3.8, 4) is 0 Å². The number of Topliss-reactive ketones (excluding diaryl/α,β-unsaturated/α-hetero) is 1. The van der Waals surface area contributed by atoms with Gasteiger partial charge in [0.1, 0.15) is 5.60 Å². The molecule has 1 N–H and O–H groups in total. The van der Waals surface area contributed by atoms with Crippen LogP contribution in [0.4, 0.5) is 4.79 Å². The van der Waals surface area contributed by atoms with Gasteiger partial charge in [-0.2, -0.15) is 0 Å². The molecule has 94 valence electrons. The number of aromatic nitrogens is 3. The number of ether oxygens (including phenoxy) is 1. The Morgan fingerprint density at radius 3 is 2.59 bits per heavy atom. The minimum atomic E-state index is -0.630. The summed E-state index contributed by atoms with van der Waals surface area (Å²) in [7, 11) is 1.66. The van der Waals surface area contributed by atoms with Crippen LogP contribution in [0.1, 0.15) is 31.3 Å². The molecular formula is C10H16N4O3. The second kappa shape index (κ2) is 4.94. The van der Waals surface area contributed by atoms with E-state index in [1.54, 1.807) is 27.8 Å². The summed E-state index contributed by atoms with van der Waals surface area (Å²) in [5.74, 6) is -0.316. The molecule has 1 amide bonds. The smallest absolute Gasteiger partial charge is 0.408 e. The quantitative estimate of drug-likeness (QED) is 0.778. The van der Waals surface area contributed by atoms with Gasteiger partial charge in [0, 0.05) is 7.05 Å². The van der Waals surface area contributed by atoms with Gasteiger partial charge in [0.05, 0.1) is 12.7 Å². The van der Waals surface area contributed by atoms with Gasteiger partial charge < -0.3 is 10.1 Å². The summed E-state index contributed by atoms with van der Waals surface area (Å²) in [6, 6.07) is 0. The predicted octanol–water partition coefficient (Wildman–Crippen LogP) is 0.522. The van der Waals surface area contributed by atoms with E-state index >= 15 is 0 Å². The molecule has 0 saturated heterocycles. The largest absolute Gasteiger partial charge is 0.444 e. The molecule has 0 bridgehead atoms. The Hall–Kier alpha value is -1.92. The Morgan fingerprint density at radius 1 is 1.47 bits per heavy atom. The second-order valence-electron chi connectivity index (χ2n) is 4.56. The molecule has 0 spiro atoms. The topological polar surface area (TPSA) is 86.1 Å². The zero-order valence-electron chi connectivity index (χ0n) is 10.4. The molecule has 1 heterocycles. The third-order valence-electron chi connectivity index (χ3n) is 1.68. The van der Waals surface area contributed by atoms with Crippen LogP contribution in [0.15, 0.2) is 6.20 Å². The summed E-state index contributed by atoms with van der Waals surface area (Å²) < 4.78 is 6.40. The monoisotopic (exact) mass is 240 g/mol. The van der Waals surface area contributed by atoms with Crippen molar-refractivity contribution >= 4 is 11.9 Å². The first kappa shape index (κ1) is 13.1. The van der Waals surface area contributed by atoms with Gasteiger partial charge in [-0.1, -0.05) is 5.21 Å². The molecule has 0 aliphatic heterocycles. The number of carbonyl (C=O) groups is 2. The van der Waals surface area contributed by atoms with Crippen LogP contribution in [0.25, 0.3) is 0 Å². The molecule has 0 unspecified atom stereocenters. The highest BCUT2D eigenvalue weighted by molar-refractivity contribution is 5.96. The lowest BCUT2D eigenvalue weighted by atomic mass is 10.2. The first-order valence-corrected chi connectivity index (χ1v) is 5.14. The van der Waals surface area contributed by atoms with Gasteiger partial charge in [0.25, 0.3) is 0 Å². The average molecular weight is 240 g/mol. The van der Waals surface area contributed by atoms with E-state index in [9.17, 15) is 9.59 Å². The fourth-order valence-electron chi connectivity index (χ4n) is 1.03. The van der Waals surface area contributed by atoms with Crippen molar-refractivity contribution in [2.75, 3.05) is 6.54 Å². The standard InChI is InChI=1S/C10H16N4O3/c1-10(2,3)17-9(16)11-5-8(15)7-6-14(4)13-12-7/h6H,5H2,1-4H3,(H,11,16). The summed E-state index contributed by atoms with van der Waals surface area (Å²) in [6.07, 6.45) is 0.855. The molecule has 0 radical (unpaired) electrons. The van der Waals surface area contributed by atoms with Crippen LogP contribution in [-0.4, -0.2) is 39.0 Å². The molecule has 0 saturated carbocycles. The molecule has 0 aliphatic rings. The lowest BCUT2D eigenvalue weighted by Gasteiger charge is -2.19. The summed E-state index contributed by atoms with van der Waals surface area (Å²) in [4.78, 5) is 22.8. The average Bonchev–Trinajstić information content (AvgIpc) is 2.58. The zero-order valence-corrected chi connectivity index (χ0v) is 10.4. The first-order valence-electron chi connectivity index (χ1n) is 5.14. The van der Waals surface area contributed by atoms with Crippen LogP contribution < -0.4 is 5.32 Å². The molecule has 1 aromatic heterocycles. The van der Waals surface area contributed by atoms with E-state index < -0.39 is 11.7 Å². The van der Waals surface area contributed by atoms with Crippen molar-refractivity contribution in [3.63, 3.8) is 0 Å². The van der Waals surface area contributed by atoms with Crippen LogP contribution in [0.3, 0.4) is 0 Å². The number of amides is 1. The van der Waals surface area contributed by atoms with Crippen molar-refractivity contribution < 1.29 is 14.3 Å². The third-order valence-corrected chi connectivity index (χ3v) is 1.68. The van der Waals surface area contributed by atoms with Gasteiger partial charge in [-0.05, 0) is 20.8 Å². The fraction of sp³-hybridized carbons (Fsp3) is 0.600. The molecule has 0 fully saturated rings. The van der Waals surface area contributed by atoms with E-state index in [0.29, 0.717) is 0 Å². The number of hydrogen-bond donors (Lipinski definition) is 1. The number of nitrogens with zero attached hydrogens (tertiary/aromatic N) is 3. The van der Waals surface area contributed by atoms with Gasteiger partial charge in [-0.3, -0.25) is 9.48 Å².